The molecule has 5 aromatic rings. The molecule has 262 valence electrons. The number of carboxylic acids is 1. The van der Waals surface area contributed by atoms with Gasteiger partial charge in [0.05, 0.1) is 22.7 Å². The second-order valence-corrected chi connectivity index (χ2v) is 11.7. The first kappa shape index (κ1) is 36.1. The molecule has 51 heavy (non-hydrogen) atoms. The number of nitrogens with one attached hydrogen (secondary N) is 1. The molecular formula is C37H35N5O9. The molecule has 1 heterocycles. The lowest BCUT2D eigenvalue weighted by Gasteiger charge is -2.19. The highest BCUT2D eigenvalue weighted by atomic mass is 16.6. The van der Waals surface area contributed by atoms with Crippen LogP contribution in [0.3, 0.4) is 0 Å². The van der Waals surface area contributed by atoms with E-state index in [1.54, 1.807) is 24.3 Å². The first-order valence-corrected chi connectivity index (χ1v) is 15.8. The van der Waals surface area contributed by atoms with Crippen LogP contribution in [-0.4, -0.2) is 48.5 Å². The Morgan fingerprint density at radius 1 is 0.980 bits per heavy atom. The highest BCUT2D eigenvalue weighted by Gasteiger charge is 2.26. The van der Waals surface area contributed by atoms with E-state index < -0.39 is 23.0 Å². The number of nitriles is 1. The van der Waals surface area contributed by atoms with E-state index >= 15 is 0 Å². The molecule has 0 saturated heterocycles. The minimum Gasteiger partial charge on any atom is -0.488 e. The molecule has 1 aromatic heterocycles. The maximum Gasteiger partial charge on any atom is 0.323 e. The van der Waals surface area contributed by atoms with Gasteiger partial charge in [-0.1, -0.05) is 53.7 Å². The van der Waals surface area contributed by atoms with E-state index in [0.29, 0.717) is 17.0 Å². The molecule has 0 radical (unpaired) electrons. The number of aliphatic carboxylic acids is 1. The quantitative estimate of drug-likeness (QED) is 0.0802. The second-order valence-electron chi connectivity index (χ2n) is 11.7. The van der Waals surface area contributed by atoms with Gasteiger partial charge in [0.1, 0.15) is 31.6 Å². The van der Waals surface area contributed by atoms with Gasteiger partial charge in [-0.25, -0.2) is 0 Å². The summed E-state index contributed by atoms with van der Waals surface area (Å²) in [6.45, 7) is 4.59. The van der Waals surface area contributed by atoms with Crippen molar-refractivity contribution in [1.29, 1.82) is 5.26 Å². The predicted octanol–water partition coefficient (Wildman–Crippen LogP) is 5.37. The lowest BCUT2D eigenvalue weighted by Crippen LogP contribution is -2.44. The largest absolute Gasteiger partial charge is 0.488 e. The maximum atomic E-state index is 12.3. The zero-order valence-electron chi connectivity index (χ0n) is 28.0. The molecule has 14 nitrogen and oxygen atoms in total. The van der Waals surface area contributed by atoms with Gasteiger partial charge in [-0.15, -0.1) is 0 Å². The molecule has 0 aliphatic rings. The number of nitro benzene ring substituents is 1. The van der Waals surface area contributed by atoms with E-state index in [-0.39, 0.29) is 55.0 Å². The van der Waals surface area contributed by atoms with E-state index in [2.05, 4.69) is 21.5 Å². The number of nitro groups is 1. The van der Waals surface area contributed by atoms with Crippen molar-refractivity contribution in [2.24, 2.45) is 0 Å². The summed E-state index contributed by atoms with van der Waals surface area (Å²) in [6, 6.07) is 21.5. The van der Waals surface area contributed by atoms with Gasteiger partial charge >= 0.3 is 11.7 Å². The fourth-order valence-corrected chi connectivity index (χ4v) is 5.58. The maximum absolute atomic E-state index is 12.3. The molecule has 14 heteroatoms. The monoisotopic (exact) mass is 693 g/mol. The molecule has 0 fully saturated rings. The molecule has 2 atom stereocenters. The van der Waals surface area contributed by atoms with Gasteiger partial charge in [-0.2, -0.15) is 10.2 Å². The molecule has 0 spiro atoms. The van der Waals surface area contributed by atoms with Crippen molar-refractivity contribution in [3.63, 3.8) is 0 Å². The lowest BCUT2D eigenvalue weighted by atomic mass is 9.91. The van der Waals surface area contributed by atoms with Gasteiger partial charge < -0.3 is 29.3 Å². The number of aliphatic hydroxyl groups is 2. The van der Waals surface area contributed by atoms with Crippen LogP contribution in [-0.2, 0) is 31.2 Å². The van der Waals surface area contributed by atoms with E-state index in [1.165, 1.54) is 19.1 Å². The number of ether oxygens (including phenoxy) is 2. The average Bonchev–Trinajstić information content (AvgIpc) is 3.60. The molecule has 4 aromatic carbocycles. The number of aromatic nitrogens is 2. The number of hydrogen-bond acceptors (Lipinski definition) is 12. The molecule has 0 aliphatic heterocycles. The Hall–Kier alpha value is -6.14. The Morgan fingerprint density at radius 2 is 1.67 bits per heavy atom. The van der Waals surface area contributed by atoms with Crippen molar-refractivity contribution in [2.45, 2.75) is 59.3 Å². The summed E-state index contributed by atoms with van der Waals surface area (Å²) in [5.74, 6) is -0.727. The topological polar surface area (TPSA) is 214 Å². The van der Waals surface area contributed by atoms with Gasteiger partial charge in [-0.3, -0.25) is 20.2 Å². The van der Waals surface area contributed by atoms with Crippen molar-refractivity contribution in [3.05, 3.63) is 122 Å². The minimum absolute atomic E-state index is 0.00325. The number of benzene rings is 4. The van der Waals surface area contributed by atoms with Crippen LogP contribution >= 0.6 is 0 Å². The molecule has 0 bridgehead atoms. The number of hydrogen-bond donors (Lipinski definition) is 4. The standard InChI is InChI=1S/C37H35N5O9/c1-21-26(9-5-10-28(21)29-11-6-12-30(22(29)2)36-40-34(18-43)51-41-36)20-50-33-15-32(49-19-25-8-4-7-24(13-25)16-38)27(14-31(33)42(47)48)17-39-35(23(3)44)37(45)46/h4-15,23,35,39,43-44H,17-20H2,1-3H3,(H,45,46)/t23?,35-/m0/s1. The third-order valence-electron chi connectivity index (χ3n) is 8.35. The van der Waals surface area contributed by atoms with Crippen LogP contribution < -0.4 is 14.8 Å². The second kappa shape index (κ2) is 16.0. The van der Waals surface area contributed by atoms with Crippen molar-refractivity contribution in [3.8, 4) is 40.1 Å². The molecule has 0 saturated carbocycles. The fourth-order valence-electron chi connectivity index (χ4n) is 5.58. The SMILES string of the molecule is Cc1c(COc2cc(OCc3cccc(C#N)c3)c(CN[C@H](C(=O)O)C(C)O)cc2[N+](=O)[O-])cccc1-c1cccc(-c2noc(CO)n2)c1C. The summed E-state index contributed by atoms with van der Waals surface area (Å²) < 4.78 is 17.3. The summed E-state index contributed by atoms with van der Waals surface area (Å²) in [7, 11) is 0. The van der Waals surface area contributed by atoms with Crippen LogP contribution in [0.2, 0.25) is 0 Å². The van der Waals surface area contributed by atoms with E-state index in [1.807, 2.05) is 50.2 Å². The van der Waals surface area contributed by atoms with Gasteiger partial charge in [0.25, 0.3) is 5.89 Å². The Balaban J connectivity index is 1.46. The van der Waals surface area contributed by atoms with E-state index in [9.17, 15) is 35.5 Å². The summed E-state index contributed by atoms with van der Waals surface area (Å²) in [5.41, 5.74) is 6.04. The Labute approximate surface area is 292 Å². The predicted molar refractivity (Wildman–Crippen MR) is 183 cm³/mol. The van der Waals surface area contributed by atoms with Crippen molar-refractivity contribution < 1.29 is 39.0 Å². The van der Waals surface area contributed by atoms with Gasteiger partial charge in [0, 0.05) is 29.8 Å². The summed E-state index contributed by atoms with van der Waals surface area (Å²) in [5, 5.41) is 57.1. The van der Waals surface area contributed by atoms with Gasteiger partial charge in [0.15, 0.2) is 0 Å². The summed E-state index contributed by atoms with van der Waals surface area (Å²) in [6.07, 6.45) is -1.25. The molecule has 1 unspecified atom stereocenters. The number of nitrogens with zero attached hydrogens (tertiary/aromatic N) is 4. The van der Waals surface area contributed by atoms with Crippen LogP contribution in [0.15, 0.2) is 77.3 Å². The first-order valence-electron chi connectivity index (χ1n) is 15.8. The number of aliphatic hydroxyl groups excluding tert-OH is 2. The Morgan fingerprint density at radius 3 is 2.33 bits per heavy atom. The van der Waals surface area contributed by atoms with Crippen molar-refractivity contribution in [1.82, 2.24) is 15.5 Å². The summed E-state index contributed by atoms with van der Waals surface area (Å²) in [4.78, 5) is 27.6. The normalized spacial score (nSPS) is 12.2. The average molecular weight is 694 g/mol. The molecule has 4 N–H and O–H groups in total. The van der Waals surface area contributed by atoms with E-state index in [4.69, 9.17) is 14.0 Å². The number of carboxylic acid groups (broad SMARTS) is 1. The zero-order chi connectivity index (χ0) is 36.7. The molecule has 0 amide bonds. The third kappa shape index (κ3) is 8.36. The lowest BCUT2D eigenvalue weighted by molar-refractivity contribution is -0.386. The van der Waals surface area contributed by atoms with Crippen LogP contribution in [0.25, 0.3) is 22.5 Å². The smallest absolute Gasteiger partial charge is 0.323 e. The zero-order valence-corrected chi connectivity index (χ0v) is 28.0. The first-order chi connectivity index (χ1) is 24.5. The summed E-state index contributed by atoms with van der Waals surface area (Å²) >= 11 is 0. The van der Waals surface area contributed by atoms with Crippen molar-refractivity contribution >= 4 is 11.7 Å². The van der Waals surface area contributed by atoms with Crippen molar-refractivity contribution in [2.75, 3.05) is 0 Å². The molecular weight excluding hydrogens is 658 g/mol. The Kier molecular flexibility index (Phi) is 11.4. The Bertz CT molecular complexity index is 2100. The van der Waals surface area contributed by atoms with Crippen LogP contribution in [0, 0.1) is 35.3 Å². The minimum atomic E-state index is -1.34. The number of rotatable bonds is 15. The third-order valence-corrected chi connectivity index (χ3v) is 8.35. The van der Waals surface area contributed by atoms with Gasteiger partial charge in [-0.05, 0) is 66.3 Å². The fraction of sp³-hybridized carbons (Fsp3) is 0.243. The number of carbonyl (C=O) groups is 1. The van der Waals surface area contributed by atoms with Gasteiger partial charge in [0.2, 0.25) is 11.6 Å². The van der Waals surface area contributed by atoms with Crippen LogP contribution in [0.4, 0.5) is 5.69 Å². The van der Waals surface area contributed by atoms with Crippen LogP contribution in [0.1, 0.15) is 46.2 Å². The van der Waals surface area contributed by atoms with Crippen LogP contribution in [0.5, 0.6) is 11.5 Å². The molecule has 5 rings (SSSR count). The van der Waals surface area contributed by atoms with E-state index in [0.717, 1.165) is 33.4 Å². The highest BCUT2D eigenvalue weighted by Crippen LogP contribution is 2.37. The molecule has 0 aliphatic carbocycles. The highest BCUT2D eigenvalue weighted by molar-refractivity contribution is 5.78.